The first-order chi connectivity index (χ1) is 10.6. The minimum atomic E-state index is 0.104. The first kappa shape index (κ1) is 14.3. The normalized spacial score (nSPS) is 11.9. The van der Waals surface area contributed by atoms with Gasteiger partial charge in [-0.15, -0.1) is 0 Å². The lowest BCUT2D eigenvalue weighted by molar-refractivity contribution is -0.113. The number of aromatic nitrogens is 1. The van der Waals surface area contributed by atoms with Crippen LogP contribution in [0.3, 0.4) is 0 Å². The topological polar surface area (TPSA) is 22.0 Å². The molecule has 22 heavy (non-hydrogen) atoms. The maximum absolute atomic E-state index is 11.7. The summed E-state index contributed by atoms with van der Waals surface area (Å²) in [4.78, 5) is 11.7. The molecule has 0 radical (unpaired) electrons. The summed E-state index contributed by atoms with van der Waals surface area (Å²) >= 11 is 0. The number of carbonyl (C=O) groups excluding carboxylic acids is 1. The number of hydrogen-bond donors (Lipinski definition) is 0. The Kier molecular flexibility index (Phi) is 3.68. The van der Waals surface area contributed by atoms with E-state index in [1.54, 1.807) is 6.92 Å². The Morgan fingerprint density at radius 1 is 0.955 bits per heavy atom. The Hall–Kier alpha value is -2.61. The number of benzene rings is 2. The molecule has 0 unspecified atom stereocenters. The van der Waals surface area contributed by atoms with Gasteiger partial charge in [-0.05, 0) is 37.1 Å². The van der Waals surface area contributed by atoms with E-state index in [-0.39, 0.29) is 5.78 Å². The minimum Gasteiger partial charge on any atom is -0.343 e. The van der Waals surface area contributed by atoms with Gasteiger partial charge in [0.25, 0.3) is 0 Å². The van der Waals surface area contributed by atoms with Crippen LogP contribution < -0.4 is 0 Å². The summed E-state index contributed by atoms with van der Waals surface area (Å²) in [5.74, 6) is 0.104. The summed E-state index contributed by atoms with van der Waals surface area (Å²) in [6, 6.07) is 18.6. The molecule has 2 nitrogen and oxygen atoms in total. The highest BCUT2D eigenvalue weighted by atomic mass is 16.1. The molecule has 2 aromatic carbocycles. The predicted octanol–water partition coefficient (Wildman–Crippen LogP) is 4.84. The minimum absolute atomic E-state index is 0.104. The molecular weight excluding hydrogens is 270 g/mol. The van der Waals surface area contributed by atoms with Gasteiger partial charge in [0.15, 0.2) is 5.78 Å². The van der Waals surface area contributed by atoms with E-state index in [2.05, 4.69) is 35.9 Å². The number of aryl methyl sites for hydroxylation is 1. The molecule has 0 saturated carbocycles. The number of Topliss-reactive ketones (excluding diaryl/α,β-unsaturated/α-hetero) is 1. The Bertz CT molecular complexity index is 869. The fourth-order valence-electron chi connectivity index (χ4n) is 2.83. The summed E-state index contributed by atoms with van der Waals surface area (Å²) in [5.41, 5.74) is 5.35. The molecule has 110 valence electrons. The van der Waals surface area contributed by atoms with Crippen LogP contribution >= 0.6 is 0 Å². The number of fused-ring (bicyclic) bond motifs is 1. The zero-order chi connectivity index (χ0) is 15.7. The van der Waals surface area contributed by atoms with E-state index in [4.69, 9.17) is 0 Å². The van der Waals surface area contributed by atoms with Crippen LogP contribution in [0, 0.1) is 0 Å². The monoisotopic (exact) mass is 289 g/mol. The number of rotatable bonds is 3. The maximum Gasteiger partial charge on any atom is 0.155 e. The van der Waals surface area contributed by atoms with Gasteiger partial charge in [-0.3, -0.25) is 4.79 Å². The van der Waals surface area contributed by atoms with Gasteiger partial charge in [0.2, 0.25) is 0 Å². The van der Waals surface area contributed by atoms with Gasteiger partial charge in [-0.2, -0.15) is 0 Å². The van der Waals surface area contributed by atoms with E-state index in [1.807, 2.05) is 43.3 Å². The molecule has 0 spiro atoms. The van der Waals surface area contributed by atoms with E-state index in [0.717, 1.165) is 22.4 Å². The van der Waals surface area contributed by atoms with Crippen molar-refractivity contribution in [2.75, 3.05) is 0 Å². The molecule has 1 heterocycles. The number of carbonyl (C=O) groups is 1. The SMILES string of the molecule is CC(=O)C(C)=Cc1c(-c2ccccc2)n(C)c2ccccc12. The fraction of sp³-hybridized carbons (Fsp3) is 0.150. The molecule has 3 aromatic rings. The first-order valence-corrected chi connectivity index (χ1v) is 7.41. The van der Waals surface area contributed by atoms with E-state index >= 15 is 0 Å². The quantitative estimate of drug-likeness (QED) is 0.632. The molecule has 0 aliphatic carbocycles. The molecule has 0 atom stereocenters. The van der Waals surface area contributed by atoms with Crippen molar-refractivity contribution in [1.29, 1.82) is 0 Å². The third-order valence-electron chi connectivity index (χ3n) is 4.11. The molecule has 0 bridgehead atoms. The molecule has 0 saturated heterocycles. The van der Waals surface area contributed by atoms with Gasteiger partial charge >= 0.3 is 0 Å². The van der Waals surface area contributed by atoms with Crippen molar-refractivity contribution in [2.24, 2.45) is 7.05 Å². The number of ketones is 1. The number of hydrogen-bond acceptors (Lipinski definition) is 1. The van der Waals surface area contributed by atoms with Crippen molar-refractivity contribution in [3.8, 4) is 11.3 Å². The summed E-state index contributed by atoms with van der Waals surface area (Å²) in [5, 5.41) is 1.17. The van der Waals surface area contributed by atoms with Crippen LogP contribution in [-0.2, 0) is 11.8 Å². The van der Waals surface area contributed by atoms with Gasteiger partial charge in [-0.1, -0.05) is 48.5 Å². The van der Waals surface area contributed by atoms with Crippen molar-refractivity contribution < 1.29 is 4.79 Å². The van der Waals surface area contributed by atoms with Crippen LogP contribution in [0.25, 0.3) is 28.2 Å². The maximum atomic E-state index is 11.7. The summed E-state index contributed by atoms with van der Waals surface area (Å²) in [6.07, 6.45) is 2.01. The average molecular weight is 289 g/mol. The van der Waals surface area contributed by atoms with E-state index in [1.165, 1.54) is 10.9 Å². The third kappa shape index (κ3) is 2.37. The second-order valence-corrected chi connectivity index (χ2v) is 5.59. The largest absolute Gasteiger partial charge is 0.343 e. The molecule has 1 aromatic heterocycles. The molecule has 2 heteroatoms. The van der Waals surface area contributed by atoms with Gasteiger partial charge in [-0.25, -0.2) is 0 Å². The number of para-hydroxylation sites is 1. The Morgan fingerprint density at radius 2 is 1.59 bits per heavy atom. The van der Waals surface area contributed by atoms with Crippen molar-refractivity contribution >= 4 is 22.8 Å². The lowest BCUT2D eigenvalue weighted by Crippen LogP contribution is -1.94. The highest BCUT2D eigenvalue weighted by Crippen LogP contribution is 2.34. The van der Waals surface area contributed by atoms with Crippen LogP contribution in [0.2, 0.25) is 0 Å². The standard InChI is InChI=1S/C20H19NO/c1-14(15(2)22)13-18-17-11-7-8-12-19(17)21(3)20(18)16-9-5-4-6-10-16/h4-13H,1-3H3. The highest BCUT2D eigenvalue weighted by Gasteiger charge is 2.15. The lowest BCUT2D eigenvalue weighted by atomic mass is 10.0. The zero-order valence-corrected chi connectivity index (χ0v) is 13.1. The van der Waals surface area contributed by atoms with E-state index < -0.39 is 0 Å². The predicted molar refractivity (Wildman–Crippen MR) is 92.7 cm³/mol. The second-order valence-electron chi connectivity index (χ2n) is 5.59. The summed E-state index contributed by atoms with van der Waals surface area (Å²) < 4.78 is 2.20. The number of allylic oxidation sites excluding steroid dienone is 1. The van der Waals surface area contributed by atoms with Crippen LogP contribution in [-0.4, -0.2) is 10.4 Å². The number of nitrogens with zero attached hydrogens (tertiary/aromatic N) is 1. The molecule has 0 N–H and O–H groups in total. The Morgan fingerprint density at radius 3 is 2.27 bits per heavy atom. The second kappa shape index (κ2) is 5.64. The van der Waals surface area contributed by atoms with E-state index in [9.17, 15) is 4.79 Å². The molecular formula is C20H19NO. The zero-order valence-electron chi connectivity index (χ0n) is 13.1. The smallest absolute Gasteiger partial charge is 0.155 e. The lowest BCUT2D eigenvalue weighted by Gasteiger charge is -2.06. The van der Waals surface area contributed by atoms with Gasteiger partial charge in [0.05, 0.1) is 5.69 Å². The van der Waals surface area contributed by atoms with Crippen LogP contribution in [0.5, 0.6) is 0 Å². The average Bonchev–Trinajstić information content (AvgIpc) is 2.81. The third-order valence-corrected chi connectivity index (χ3v) is 4.11. The molecule has 0 amide bonds. The summed E-state index contributed by atoms with van der Waals surface area (Å²) in [6.45, 7) is 3.48. The van der Waals surface area contributed by atoms with Crippen molar-refractivity contribution in [1.82, 2.24) is 4.57 Å². The van der Waals surface area contributed by atoms with Gasteiger partial charge < -0.3 is 4.57 Å². The first-order valence-electron chi connectivity index (χ1n) is 7.41. The summed E-state index contributed by atoms with van der Waals surface area (Å²) in [7, 11) is 2.07. The van der Waals surface area contributed by atoms with E-state index in [0.29, 0.717) is 0 Å². The van der Waals surface area contributed by atoms with Crippen LogP contribution in [0.15, 0.2) is 60.2 Å². The molecule has 3 rings (SSSR count). The van der Waals surface area contributed by atoms with Gasteiger partial charge in [0.1, 0.15) is 0 Å². The highest BCUT2D eigenvalue weighted by molar-refractivity contribution is 6.03. The molecule has 0 fully saturated rings. The Labute approximate surface area is 130 Å². The van der Waals surface area contributed by atoms with Crippen LogP contribution in [0.1, 0.15) is 19.4 Å². The molecule has 0 aliphatic rings. The van der Waals surface area contributed by atoms with Crippen molar-refractivity contribution in [2.45, 2.75) is 13.8 Å². The van der Waals surface area contributed by atoms with Crippen molar-refractivity contribution in [3.05, 3.63) is 65.7 Å². The van der Waals surface area contributed by atoms with Crippen molar-refractivity contribution in [3.63, 3.8) is 0 Å². The Balaban J connectivity index is 2.38. The molecule has 0 aliphatic heterocycles. The van der Waals surface area contributed by atoms with Gasteiger partial charge in [0, 0.05) is 23.5 Å². The fourth-order valence-corrected chi connectivity index (χ4v) is 2.83. The van der Waals surface area contributed by atoms with Crippen LogP contribution in [0.4, 0.5) is 0 Å².